The zero-order valence-electron chi connectivity index (χ0n) is 10.9. The molecule has 0 atom stereocenters. The highest BCUT2D eigenvalue weighted by molar-refractivity contribution is 8.03. The second-order valence-corrected chi connectivity index (χ2v) is 5.17. The molecule has 1 heterocycles. The summed E-state index contributed by atoms with van der Waals surface area (Å²) in [6, 6.07) is 8.18. The van der Waals surface area contributed by atoms with Gasteiger partial charge in [0.15, 0.2) is 5.57 Å². The van der Waals surface area contributed by atoms with Gasteiger partial charge in [0, 0.05) is 12.3 Å². The van der Waals surface area contributed by atoms with Gasteiger partial charge >= 0.3 is 5.97 Å². The van der Waals surface area contributed by atoms with Gasteiger partial charge in [-0.2, -0.15) is 5.26 Å². The second-order valence-electron chi connectivity index (χ2n) is 4.09. The third kappa shape index (κ3) is 2.78. The number of ether oxygens (including phenoxy) is 1. The van der Waals surface area contributed by atoms with Crippen molar-refractivity contribution in [2.45, 2.75) is 6.42 Å². The number of carbonyl (C=O) groups is 1. The third-order valence-electron chi connectivity index (χ3n) is 2.87. The molecule has 1 aliphatic heterocycles. The largest absolute Gasteiger partial charge is 0.465 e. The third-order valence-corrected chi connectivity index (χ3v) is 4.06. The molecule has 1 aromatic rings. The van der Waals surface area contributed by atoms with Gasteiger partial charge in [0.1, 0.15) is 16.9 Å². The van der Waals surface area contributed by atoms with E-state index in [1.54, 1.807) is 23.1 Å². The maximum absolute atomic E-state index is 13.9. The molecule has 0 saturated carbocycles. The van der Waals surface area contributed by atoms with E-state index in [1.807, 2.05) is 6.07 Å². The van der Waals surface area contributed by atoms with Crippen LogP contribution in [0.15, 0.2) is 34.9 Å². The first-order valence-corrected chi connectivity index (χ1v) is 7.05. The molecule has 0 aliphatic carbocycles. The van der Waals surface area contributed by atoms with Crippen LogP contribution in [0, 0.1) is 17.1 Å². The van der Waals surface area contributed by atoms with Crippen molar-refractivity contribution < 1.29 is 13.9 Å². The summed E-state index contributed by atoms with van der Waals surface area (Å²) in [5.41, 5.74) is 0.284. The van der Waals surface area contributed by atoms with Crippen molar-refractivity contribution in [2.24, 2.45) is 0 Å². The van der Waals surface area contributed by atoms with E-state index in [4.69, 9.17) is 0 Å². The van der Waals surface area contributed by atoms with Gasteiger partial charge in [-0.05, 0) is 18.6 Å². The molecule has 2 rings (SSSR count). The van der Waals surface area contributed by atoms with Crippen molar-refractivity contribution in [3.05, 3.63) is 40.7 Å². The number of nitrogens with zero attached hydrogens (tertiary/aromatic N) is 2. The number of nitriles is 1. The van der Waals surface area contributed by atoms with E-state index in [0.717, 1.165) is 12.2 Å². The molecule has 0 amide bonds. The molecule has 6 heteroatoms. The molecule has 0 spiro atoms. The van der Waals surface area contributed by atoms with Crippen LogP contribution >= 0.6 is 11.8 Å². The number of anilines is 1. The second kappa shape index (κ2) is 6.44. The molecule has 0 bridgehead atoms. The first kappa shape index (κ1) is 14.4. The minimum Gasteiger partial charge on any atom is -0.465 e. The van der Waals surface area contributed by atoms with Crippen molar-refractivity contribution >= 4 is 23.4 Å². The van der Waals surface area contributed by atoms with Crippen LogP contribution in [-0.4, -0.2) is 25.4 Å². The maximum atomic E-state index is 13.9. The standard InChI is InChI=1S/C14H13FN2O2S/c1-19-14(18)10(9-16)13-17(7-4-8-20-13)12-6-3-2-5-11(12)15/h2-3,5-6H,4,7-8H2,1H3/b13-10-. The van der Waals surface area contributed by atoms with E-state index in [0.29, 0.717) is 17.3 Å². The Bertz CT molecular complexity index is 595. The average Bonchev–Trinajstić information content (AvgIpc) is 2.49. The molecule has 1 saturated heterocycles. The highest BCUT2D eigenvalue weighted by atomic mass is 32.2. The number of thioether (sulfide) groups is 1. The summed E-state index contributed by atoms with van der Waals surface area (Å²) in [6.45, 7) is 0.561. The summed E-state index contributed by atoms with van der Waals surface area (Å²) in [7, 11) is 1.22. The zero-order chi connectivity index (χ0) is 14.5. The SMILES string of the molecule is COC(=O)/C(C#N)=C1\SCCCN1c1ccccc1F. The predicted octanol–water partition coefficient (Wildman–Crippen LogP) is 2.68. The van der Waals surface area contributed by atoms with Crippen LogP contribution in [0.5, 0.6) is 0 Å². The number of methoxy groups -OCH3 is 1. The Morgan fingerprint density at radius 1 is 1.50 bits per heavy atom. The highest BCUT2D eigenvalue weighted by Gasteiger charge is 2.26. The van der Waals surface area contributed by atoms with Crippen molar-refractivity contribution in [3.63, 3.8) is 0 Å². The van der Waals surface area contributed by atoms with Gasteiger partial charge in [-0.15, -0.1) is 11.8 Å². The van der Waals surface area contributed by atoms with E-state index in [9.17, 15) is 14.4 Å². The average molecular weight is 292 g/mol. The fraction of sp³-hybridized carbons (Fsp3) is 0.286. The molecule has 4 nitrogen and oxygen atoms in total. The lowest BCUT2D eigenvalue weighted by molar-refractivity contribution is -0.135. The Balaban J connectivity index is 2.50. The quantitative estimate of drug-likeness (QED) is 0.476. The first-order chi connectivity index (χ1) is 9.69. The lowest BCUT2D eigenvalue weighted by Gasteiger charge is -2.31. The summed E-state index contributed by atoms with van der Waals surface area (Å²) in [5.74, 6) is -0.296. The predicted molar refractivity (Wildman–Crippen MR) is 75.5 cm³/mol. The van der Waals surface area contributed by atoms with E-state index in [1.165, 1.54) is 24.9 Å². The Kier molecular flexibility index (Phi) is 4.64. The highest BCUT2D eigenvalue weighted by Crippen LogP contribution is 2.35. The number of rotatable bonds is 2. The van der Waals surface area contributed by atoms with Crippen LogP contribution in [0.2, 0.25) is 0 Å². The van der Waals surface area contributed by atoms with Gasteiger partial charge in [0.25, 0.3) is 0 Å². The van der Waals surface area contributed by atoms with Gasteiger partial charge < -0.3 is 9.64 Å². The van der Waals surface area contributed by atoms with Crippen LogP contribution in [0.3, 0.4) is 0 Å². The van der Waals surface area contributed by atoms with Crippen molar-refractivity contribution in [3.8, 4) is 6.07 Å². The smallest absolute Gasteiger partial charge is 0.351 e. The summed E-state index contributed by atoms with van der Waals surface area (Å²) >= 11 is 1.37. The van der Waals surface area contributed by atoms with Crippen molar-refractivity contribution in [2.75, 3.05) is 24.3 Å². The molecule has 0 radical (unpaired) electrons. The van der Waals surface area contributed by atoms with E-state index in [2.05, 4.69) is 4.74 Å². The Hall–Kier alpha value is -2.00. The molecule has 104 valence electrons. The Morgan fingerprint density at radius 3 is 2.90 bits per heavy atom. The maximum Gasteiger partial charge on any atom is 0.351 e. The van der Waals surface area contributed by atoms with Crippen molar-refractivity contribution in [1.82, 2.24) is 0 Å². The van der Waals surface area contributed by atoms with Crippen LogP contribution in [0.25, 0.3) is 0 Å². The molecular formula is C14H13FN2O2S. The topological polar surface area (TPSA) is 53.3 Å². The number of benzene rings is 1. The van der Waals surface area contributed by atoms with Gasteiger partial charge in [-0.25, -0.2) is 9.18 Å². The van der Waals surface area contributed by atoms with Crippen LogP contribution in [0.1, 0.15) is 6.42 Å². The van der Waals surface area contributed by atoms with E-state index >= 15 is 0 Å². The summed E-state index contributed by atoms with van der Waals surface area (Å²) in [5, 5.41) is 9.63. The molecule has 1 aliphatic rings. The normalized spacial score (nSPS) is 17.4. The van der Waals surface area contributed by atoms with Gasteiger partial charge in [0.05, 0.1) is 12.8 Å². The minimum absolute atomic E-state index is 0.0829. The molecular weight excluding hydrogens is 279 g/mol. The number of carbonyl (C=O) groups excluding carboxylic acids is 1. The molecule has 0 aromatic heterocycles. The lowest BCUT2D eigenvalue weighted by atomic mass is 10.2. The summed E-state index contributed by atoms with van der Waals surface area (Å²) < 4.78 is 18.5. The molecule has 0 unspecified atom stereocenters. The Labute approximate surface area is 120 Å². The fourth-order valence-corrected chi connectivity index (χ4v) is 3.05. The van der Waals surface area contributed by atoms with Gasteiger partial charge in [0.2, 0.25) is 0 Å². The number of hydrogen-bond acceptors (Lipinski definition) is 5. The fourth-order valence-electron chi connectivity index (χ4n) is 1.96. The van der Waals surface area contributed by atoms with Crippen molar-refractivity contribution in [1.29, 1.82) is 5.26 Å². The van der Waals surface area contributed by atoms with Crippen LogP contribution in [0.4, 0.5) is 10.1 Å². The van der Waals surface area contributed by atoms with Crippen LogP contribution in [-0.2, 0) is 9.53 Å². The van der Waals surface area contributed by atoms with Gasteiger partial charge in [-0.3, -0.25) is 0 Å². The van der Waals surface area contributed by atoms with E-state index in [-0.39, 0.29) is 11.4 Å². The zero-order valence-corrected chi connectivity index (χ0v) is 11.7. The minimum atomic E-state index is -0.696. The molecule has 20 heavy (non-hydrogen) atoms. The lowest BCUT2D eigenvalue weighted by Crippen LogP contribution is -2.30. The number of para-hydroxylation sites is 1. The molecule has 0 N–H and O–H groups in total. The first-order valence-electron chi connectivity index (χ1n) is 6.06. The number of halogens is 1. The molecule has 1 aromatic carbocycles. The summed E-state index contributed by atoms with van der Waals surface area (Å²) in [4.78, 5) is 13.3. The summed E-state index contributed by atoms with van der Waals surface area (Å²) in [6.07, 6.45) is 0.850. The monoisotopic (exact) mass is 292 g/mol. The molecule has 1 fully saturated rings. The van der Waals surface area contributed by atoms with Crippen LogP contribution < -0.4 is 4.90 Å². The number of esters is 1. The number of hydrogen-bond donors (Lipinski definition) is 0. The van der Waals surface area contributed by atoms with E-state index < -0.39 is 5.97 Å². The van der Waals surface area contributed by atoms with Gasteiger partial charge in [-0.1, -0.05) is 12.1 Å². The Morgan fingerprint density at radius 2 is 2.25 bits per heavy atom.